The molecule has 0 saturated carbocycles. The molecule has 0 radical (unpaired) electrons. The van der Waals surface area contributed by atoms with E-state index in [0.717, 1.165) is 16.3 Å². The van der Waals surface area contributed by atoms with E-state index in [1.807, 2.05) is 42.5 Å². The van der Waals surface area contributed by atoms with Gasteiger partial charge in [0.05, 0.1) is 26.4 Å². The molecule has 0 aliphatic carbocycles. The van der Waals surface area contributed by atoms with Gasteiger partial charge in [0.25, 0.3) is 0 Å². The van der Waals surface area contributed by atoms with Crippen LogP contribution in [0.4, 0.5) is 0 Å². The Balaban J connectivity index is 2.77. The summed E-state index contributed by atoms with van der Waals surface area (Å²) in [6.07, 6.45) is 1.57. The first kappa shape index (κ1) is 23.0. The van der Waals surface area contributed by atoms with Crippen molar-refractivity contribution < 1.29 is 27.2 Å². The SMILES string of the molecule is CCOP(=O)(OCC)C(=Cc1cccc2ccccc12)P(=O)(OCC)OCC. The molecule has 2 rings (SSSR count). The third-order valence-electron chi connectivity index (χ3n) is 3.87. The highest BCUT2D eigenvalue weighted by atomic mass is 31.2. The first-order valence-corrected chi connectivity index (χ1v) is 12.5. The van der Waals surface area contributed by atoms with Gasteiger partial charge >= 0.3 is 15.2 Å². The summed E-state index contributed by atoms with van der Waals surface area (Å²) in [5.41, 5.74) is 0.729. The molecule has 28 heavy (non-hydrogen) atoms. The van der Waals surface area contributed by atoms with E-state index in [2.05, 4.69) is 0 Å². The molecule has 0 spiro atoms. The van der Waals surface area contributed by atoms with Crippen molar-refractivity contribution in [1.82, 2.24) is 0 Å². The summed E-state index contributed by atoms with van der Waals surface area (Å²) in [6.45, 7) is 7.32. The van der Waals surface area contributed by atoms with Gasteiger partial charge in [-0.05, 0) is 50.1 Å². The van der Waals surface area contributed by atoms with Crippen molar-refractivity contribution in [2.24, 2.45) is 0 Å². The minimum absolute atomic E-state index is 0.0799. The van der Waals surface area contributed by atoms with Crippen molar-refractivity contribution in [3.63, 3.8) is 0 Å². The Morgan fingerprint density at radius 2 is 1.21 bits per heavy atom. The van der Waals surface area contributed by atoms with Crippen LogP contribution in [-0.2, 0) is 27.2 Å². The lowest BCUT2D eigenvalue weighted by Crippen LogP contribution is -2.05. The van der Waals surface area contributed by atoms with E-state index in [4.69, 9.17) is 18.1 Å². The van der Waals surface area contributed by atoms with Crippen molar-refractivity contribution in [2.45, 2.75) is 27.7 Å². The highest BCUT2D eigenvalue weighted by Gasteiger charge is 2.45. The van der Waals surface area contributed by atoms with Gasteiger partial charge in [0.15, 0.2) is 5.06 Å². The van der Waals surface area contributed by atoms with E-state index in [9.17, 15) is 9.13 Å². The third-order valence-corrected chi connectivity index (χ3v) is 9.11. The molecule has 0 amide bonds. The largest absolute Gasteiger partial charge is 0.369 e. The number of hydrogen-bond donors (Lipinski definition) is 0. The lowest BCUT2D eigenvalue weighted by Gasteiger charge is -2.26. The number of hydrogen-bond acceptors (Lipinski definition) is 6. The topological polar surface area (TPSA) is 71.1 Å². The van der Waals surface area contributed by atoms with Gasteiger partial charge in [0.1, 0.15) is 0 Å². The Labute approximate surface area is 166 Å². The van der Waals surface area contributed by atoms with Crippen LogP contribution in [0.15, 0.2) is 47.5 Å². The van der Waals surface area contributed by atoms with E-state index in [1.165, 1.54) is 0 Å². The third kappa shape index (κ3) is 5.21. The summed E-state index contributed by atoms with van der Waals surface area (Å²) in [6, 6.07) is 13.5. The van der Waals surface area contributed by atoms with Gasteiger partial charge in [-0.3, -0.25) is 9.13 Å². The fourth-order valence-electron chi connectivity index (χ4n) is 2.84. The van der Waals surface area contributed by atoms with Crippen LogP contribution in [0.1, 0.15) is 33.3 Å². The predicted octanol–water partition coefficient (Wildman–Crippen LogP) is 6.67. The molecule has 0 atom stereocenters. The quantitative estimate of drug-likeness (QED) is 0.374. The molecular weight excluding hydrogens is 398 g/mol. The summed E-state index contributed by atoms with van der Waals surface area (Å²) >= 11 is 0. The van der Waals surface area contributed by atoms with Crippen LogP contribution in [0.25, 0.3) is 16.8 Å². The van der Waals surface area contributed by atoms with Crippen molar-refractivity contribution in [3.05, 3.63) is 53.1 Å². The zero-order valence-electron chi connectivity index (χ0n) is 16.8. The Morgan fingerprint density at radius 3 is 1.71 bits per heavy atom. The standard InChI is InChI=1S/C20H28O6P2/c1-5-23-27(21,24-6-2)20(28(22,25-7-3)26-8-4)16-18-14-11-13-17-12-9-10-15-19(17)18/h9-16H,5-8H2,1-4H3. The maximum Gasteiger partial charge on any atom is 0.369 e. The number of fused-ring (bicyclic) bond motifs is 1. The molecule has 0 unspecified atom stereocenters. The van der Waals surface area contributed by atoms with Crippen LogP contribution >= 0.6 is 15.2 Å². The molecule has 154 valence electrons. The lowest BCUT2D eigenvalue weighted by atomic mass is 10.1. The van der Waals surface area contributed by atoms with E-state index in [-0.39, 0.29) is 31.5 Å². The molecule has 0 bridgehead atoms. The van der Waals surface area contributed by atoms with Crippen LogP contribution in [0.5, 0.6) is 0 Å². The maximum absolute atomic E-state index is 13.6. The van der Waals surface area contributed by atoms with E-state index in [0.29, 0.717) is 0 Å². The molecule has 0 heterocycles. The molecule has 0 aliphatic rings. The molecule has 2 aromatic carbocycles. The summed E-state index contributed by atoms with van der Waals surface area (Å²) in [5.74, 6) is 0. The average molecular weight is 426 g/mol. The zero-order valence-corrected chi connectivity index (χ0v) is 18.6. The van der Waals surface area contributed by atoms with Gasteiger partial charge in [-0.2, -0.15) is 0 Å². The van der Waals surface area contributed by atoms with Crippen molar-refractivity contribution >= 4 is 32.0 Å². The average Bonchev–Trinajstić information content (AvgIpc) is 2.66. The monoisotopic (exact) mass is 426 g/mol. The lowest BCUT2D eigenvalue weighted by molar-refractivity contribution is 0.214. The molecule has 0 aromatic heterocycles. The number of benzene rings is 2. The smallest absolute Gasteiger partial charge is 0.305 e. The minimum atomic E-state index is -3.91. The van der Waals surface area contributed by atoms with Crippen LogP contribution in [-0.4, -0.2) is 26.4 Å². The van der Waals surface area contributed by atoms with Gasteiger partial charge in [-0.25, -0.2) is 0 Å². The van der Waals surface area contributed by atoms with Crippen LogP contribution in [0.2, 0.25) is 0 Å². The summed E-state index contributed by atoms with van der Waals surface area (Å²) < 4.78 is 49.2. The van der Waals surface area contributed by atoms with E-state index in [1.54, 1.807) is 33.8 Å². The second-order valence-electron chi connectivity index (χ2n) is 5.74. The normalized spacial score (nSPS) is 12.3. The van der Waals surface area contributed by atoms with Crippen molar-refractivity contribution in [1.29, 1.82) is 0 Å². The molecule has 0 N–H and O–H groups in total. The zero-order chi connectivity index (χ0) is 20.6. The highest BCUT2D eigenvalue weighted by molar-refractivity contribution is 7.79. The van der Waals surface area contributed by atoms with Crippen molar-refractivity contribution in [3.8, 4) is 0 Å². The Morgan fingerprint density at radius 1 is 0.750 bits per heavy atom. The molecule has 8 heteroatoms. The fraction of sp³-hybridized carbons (Fsp3) is 0.400. The van der Waals surface area contributed by atoms with Gasteiger partial charge in [-0.1, -0.05) is 42.5 Å². The Bertz CT molecular complexity index is 851. The molecule has 0 aliphatic heterocycles. The van der Waals surface area contributed by atoms with Crippen LogP contribution in [0.3, 0.4) is 0 Å². The molecule has 0 saturated heterocycles. The Hall–Kier alpha value is -1.26. The van der Waals surface area contributed by atoms with Gasteiger partial charge < -0.3 is 18.1 Å². The predicted molar refractivity (Wildman–Crippen MR) is 114 cm³/mol. The van der Waals surface area contributed by atoms with Crippen molar-refractivity contribution in [2.75, 3.05) is 26.4 Å². The first-order chi connectivity index (χ1) is 13.4. The second kappa shape index (κ2) is 10.5. The molecular formula is C20H28O6P2. The molecule has 2 aromatic rings. The van der Waals surface area contributed by atoms with Gasteiger partial charge in [0.2, 0.25) is 0 Å². The Kier molecular flexibility index (Phi) is 8.63. The van der Waals surface area contributed by atoms with E-state index >= 15 is 0 Å². The molecule has 6 nitrogen and oxygen atoms in total. The van der Waals surface area contributed by atoms with Gasteiger partial charge in [0, 0.05) is 0 Å². The fourth-order valence-corrected chi connectivity index (χ4v) is 7.37. The second-order valence-corrected chi connectivity index (χ2v) is 10.1. The first-order valence-electron chi connectivity index (χ1n) is 9.42. The summed E-state index contributed by atoms with van der Waals surface area (Å²) in [7, 11) is -7.81. The number of rotatable bonds is 11. The minimum Gasteiger partial charge on any atom is -0.305 e. The summed E-state index contributed by atoms with van der Waals surface area (Å²) in [5, 5.41) is 1.84. The maximum atomic E-state index is 13.6. The van der Waals surface area contributed by atoms with Gasteiger partial charge in [-0.15, -0.1) is 0 Å². The van der Waals surface area contributed by atoms with Crippen LogP contribution < -0.4 is 0 Å². The molecule has 0 fully saturated rings. The van der Waals surface area contributed by atoms with Crippen LogP contribution in [0, 0.1) is 0 Å². The summed E-state index contributed by atoms with van der Waals surface area (Å²) in [4.78, 5) is 0. The highest BCUT2D eigenvalue weighted by Crippen LogP contribution is 2.74. The van der Waals surface area contributed by atoms with E-state index < -0.39 is 15.2 Å².